The molecule has 0 unspecified atom stereocenters. The lowest BCUT2D eigenvalue weighted by molar-refractivity contribution is 0.0600. The van der Waals surface area contributed by atoms with E-state index in [0.717, 1.165) is 0 Å². The van der Waals surface area contributed by atoms with Crippen LogP contribution in [-0.2, 0) is 4.74 Å². The maximum absolute atomic E-state index is 12.8. The van der Waals surface area contributed by atoms with Gasteiger partial charge in [-0.05, 0) is 48.5 Å². The van der Waals surface area contributed by atoms with Crippen molar-refractivity contribution in [2.75, 3.05) is 20.3 Å². The van der Waals surface area contributed by atoms with Crippen LogP contribution >= 0.6 is 0 Å². The highest BCUT2D eigenvalue weighted by Crippen LogP contribution is 2.12. The van der Waals surface area contributed by atoms with Crippen molar-refractivity contribution in [1.29, 1.82) is 0 Å². The highest BCUT2D eigenvalue weighted by atomic mass is 19.1. The number of rotatable bonds is 6. The summed E-state index contributed by atoms with van der Waals surface area (Å²) in [6, 6.07) is 11.8. The van der Waals surface area contributed by atoms with E-state index < -0.39 is 5.97 Å². The molecule has 0 aromatic heterocycles. The number of nitrogens with one attached hydrogen (secondary N) is 1. The molecule has 0 saturated carbocycles. The lowest BCUT2D eigenvalue weighted by Gasteiger charge is -2.08. The Labute approximate surface area is 133 Å². The van der Waals surface area contributed by atoms with Crippen LogP contribution in [0.1, 0.15) is 20.7 Å². The third-order valence-electron chi connectivity index (χ3n) is 3.04. The minimum absolute atomic E-state index is 0.268. The topological polar surface area (TPSA) is 64.6 Å². The van der Waals surface area contributed by atoms with Gasteiger partial charge in [-0.15, -0.1) is 0 Å². The van der Waals surface area contributed by atoms with Crippen LogP contribution in [0.5, 0.6) is 5.75 Å². The van der Waals surface area contributed by atoms with E-state index in [9.17, 15) is 14.0 Å². The number of amides is 1. The third kappa shape index (κ3) is 4.81. The van der Waals surface area contributed by atoms with Crippen LogP contribution in [0.4, 0.5) is 4.39 Å². The molecule has 23 heavy (non-hydrogen) atoms. The summed E-state index contributed by atoms with van der Waals surface area (Å²) >= 11 is 0. The van der Waals surface area contributed by atoms with E-state index in [2.05, 4.69) is 10.1 Å². The number of hydrogen-bond donors (Lipinski definition) is 1. The zero-order chi connectivity index (χ0) is 16.7. The lowest BCUT2D eigenvalue weighted by Crippen LogP contribution is -2.28. The molecule has 1 amide bonds. The second kappa shape index (κ2) is 7.93. The first-order valence-corrected chi connectivity index (χ1v) is 6.95. The Morgan fingerprint density at radius 3 is 2.22 bits per heavy atom. The molecule has 0 atom stereocenters. The smallest absolute Gasteiger partial charge is 0.337 e. The lowest BCUT2D eigenvalue weighted by atomic mass is 10.2. The fourth-order valence-electron chi connectivity index (χ4n) is 1.84. The molecule has 0 aliphatic heterocycles. The summed E-state index contributed by atoms with van der Waals surface area (Å²) in [6.07, 6.45) is 0. The molecule has 0 heterocycles. The quantitative estimate of drug-likeness (QED) is 0.656. The van der Waals surface area contributed by atoms with Crippen molar-refractivity contribution in [3.8, 4) is 5.75 Å². The van der Waals surface area contributed by atoms with Gasteiger partial charge in [-0.3, -0.25) is 4.79 Å². The first-order valence-electron chi connectivity index (χ1n) is 6.95. The Hall–Kier alpha value is -2.89. The molecular formula is C17H16FNO4. The summed E-state index contributed by atoms with van der Waals surface area (Å²) in [5.41, 5.74) is 0.818. The standard InChI is InChI=1S/C17H16FNO4/c1-22-17(21)13-4-8-15(9-5-13)23-11-10-19-16(20)12-2-6-14(18)7-3-12/h2-9H,10-11H2,1H3,(H,19,20). The maximum atomic E-state index is 12.8. The van der Waals surface area contributed by atoms with Crippen LogP contribution in [-0.4, -0.2) is 32.1 Å². The van der Waals surface area contributed by atoms with Crippen molar-refractivity contribution in [1.82, 2.24) is 5.32 Å². The molecule has 0 saturated heterocycles. The first-order chi connectivity index (χ1) is 11.1. The van der Waals surface area contributed by atoms with E-state index in [1.807, 2.05) is 0 Å². The average molecular weight is 317 g/mol. The minimum Gasteiger partial charge on any atom is -0.492 e. The number of esters is 1. The summed E-state index contributed by atoms with van der Waals surface area (Å²) in [4.78, 5) is 23.1. The molecule has 5 nitrogen and oxygen atoms in total. The van der Waals surface area contributed by atoms with E-state index in [4.69, 9.17) is 4.74 Å². The number of halogens is 1. The Morgan fingerprint density at radius 2 is 1.61 bits per heavy atom. The molecule has 0 bridgehead atoms. The van der Waals surface area contributed by atoms with Crippen molar-refractivity contribution in [3.05, 3.63) is 65.5 Å². The van der Waals surface area contributed by atoms with Crippen molar-refractivity contribution in [2.45, 2.75) is 0 Å². The van der Waals surface area contributed by atoms with E-state index >= 15 is 0 Å². The van der Waals surface area contributed by atoms with Crippen molar-refractivity contribution < 1.29 is 23.5 Å². The Balaban J connectivity index is 1.75. The molecule has 0 spiro atoms. The maximum Gasteiger partial charge on any atom is 0.337 e. The fraction of sp³-hybridized carbons (Fsp3) is 0.176. The number of benzene rings is 2. The number of carbonyl (C=O) groups excluding carboxylic acids is 2. The molecule has 2 rings (SSSR count). The summed E-state index contributed by atoms with van der Waals surface area (Å²) in [5.74, 6) is -0.522. The van der Waals surface area contributed by atoms with Crippen LogP contribution in [0, 0.1) is 5.82 Å². The first kappa shape index (κ1) is 16.5. The summed E-state index contributed by atoms with van der Waals surface area (Å²) in [5, 5.41) is 2.67. The predicted octanol–water partition coefficient (Wildman–Crippen LogP) is 2.42. The molecule has 0 aliphatic carbocycles. The minimum atomic E-state index is -0.414. The molecule has 2 aromatic rings. The zero-order valence-electron chi connectivity index (χ0n) is 12.5. The van der Waals surface area contributed by atoms with Crippen LogP contribution in [0.15, 0.2) is 48.5 Å². The van der Waals surface area contributed by atoms with Gasteiger partial charge in [0, 0.05) is 5.56 Å². The van der Waals surface area contributed by atoms with Gasteiger partial charge in [0.15, 0.2) is 0 Å². The van der Waals surface area contributed by atoms with Gasteiger partial charge in [-0.2, -0.15) is 0 Å². The number of carbonyl (C=O) groups is 2. The van der Waals surface area contributed by atoms with Gasteiger partial charge in [0.2, 0.25) is 0 Å². The molecule has 0 aliphatic rings. The van der Waals surface area contributed by atoms with Gasteiger partial charge < -0.3 is 14.8 Å². The van der Waals surface area contributed by atoms with Gasteiger partial charge >= 0.3 is 5.97 Å². The van der Waals surface area contributed by atoms with Gasteiger partial charge in [-0.1, -0.05) is 0 Å². The van der Waals surface area contributed by atoms with E-state index in [1.165, 1.54) is 31.4 Å². The normalized spacial score (nSPS) is 10.0. The van der Waals surface area contributed by atoms with Crippen LogP contribution < -0.4 is 10.1 Å². The number of methoxy groups -OCH3 is 1. The predicted molar refractivity (Wildman–Crippen MR) is 82.0 cm³/mol. The molecule has 6 heteroatoms. The van der Waals surface area contributed by atoms with Gasteiger partial charge in [0.05, 0.1) is 19.2 Å². The largest absolute Gasteiger partial charge is 0.492 e. The Kier molecular flexibility index (Phi) is 5.68. The average Bonchev–Trinajstić information content (AvgIpc) is 2.59. The van der Waals surface area contributed by atoms with E-state index in [0.29, 0.717) is 23.4 Å². The summed E-state index contributed by atoms with van der Waals surface area (Å²) in [7, 11) is 1.32. The van der Waals surface area contributed by atoms with E-state index in [-0.39, 0.29) is 18.3 Å². The fourth-order valence-corrected chi connectivity index (χ4v) is 1.84. The van der Waals surface area contributed by atoms with Crippen LogP contribution in [0.25, 0.3) is 0 Å². The Bertz CT molecular complexity index is 668. The van der Waals surface area contributed by atoms with Crippen molar-refractivity contribution in [3.63, 3.8) is 0 Å². The monoisotopic (exact) mass is 317 g/mol. The number of ether oxygens (including phenoxy) is 2. The second-order valence-electron chi connectivity index (χ2n) is 4.63. The zero-order valence-corrected chi connectivity index (χ0v) is 12.5. The molecule has 120 valence electrons. The third-order valence-corrected chi connectivity index (χ3v) is 3.04. The molecule has 1 N–H and O–H groups in total. The van der Waals surface area contributed by atoms with E-state index in [1.54, 1.807) is 24.3 Å². The van der Waals surface area contributed by atoms with Gasteiger partial charge in [0.25, 0.3) is 5.91 Å². The molecule has 0 fully saturated rings. The van der Waals surface area contributed by atoms with Crippen molar-refractivity contribution >= 4 is 11.9 Å². The van der Waals surface area contributed by atoms with Gasteiger partial charge in [0.1, 0.15) is 18.2 Å². The van der Waals surface area contributed by atoms with Crippen molar-refractivity contribution in [2.24, 2.45) is 0 Å². The van der Waals surface area contributed by atoms with Crippen LogP contribution in [0.2, 0.25) is 0 Å². The molecule has 2 aromatic carbocycles. The SMILES string of the molecule is COC(=O)c1ccc(OCCNC(=O)c2ccc(F)cc2)cc1. The van der Waals surface area contributed by atoms with Gasteiger partial charge in [-0.25, -0.2) is 9.18 Å². The Morgan fingerprint density at radius 1 is 1.00 bits per heavy atom. The molecule has 0 radical (unpaired) electrons. The second-order valence-corrected chi connectivity index (χ2v) is 4.63. The molecular weight excluding hydrogens is 301 g/mol. The summed E-state index contributed by atoms with van der Waals surface area (Å²) in [6.45, 7) is 0.569. The van der Waals surface area contributed by atoms with Crippen LogP contribution in [0.3, 0.4) is 0 Å². The highest BCUT2D eigenvalue weighted by molar-refractivity contribution is 5.94. The summed E-state index contributed by atoms with van der Waals surface area (Å²) < 4.78 is 22.8. The number of hydrogen-bond acceptors (Lipinski definition) is 4. The highest BCUT2D eigenvalue weighted by Gasteiger charge is 2.06.